The molecule has 5 N–H and O–H groups in total. The Morgan fingerprint density at radius 1 is 0.597 bits per heavy atom. The van der Waals surface area contributed by atoms with Crippen LogP contribution in [0.2, 0.25) is 0 Å². The number of hydrogen-bond donors (Lipinski definition) is 4. The molecule has 0 saturated carbocycles. The highest BCUT2D eigenvalue weighted by atomic mass is 16.6. The average molecular weight is 1060 g/mol. The molecule has 2 amide bonds. The first-order valence-electron chi connectivity index (χ1n) is 25.4. The predicted octanol–water partition coefficient (Wildman–Crippen LogP) is 9.33. The minimum absolute atomic E-state index is 0. The molecule has 3 unspecified atom stereocenters. The molecule has 3 aliphatic rings. The van der Waals surface area contributed by atoms with Crippen molar-refractivity contribution < 1.29 is 19.1 Å². The minimum atomic E-state index is -0.494. The summed E-state index contributed by atoms with van der Waals surface area (Å²) in [6.45, 7) is 16.1. The summed E-state index contributed by atoms with van der Waals surface area (Å²) in [5.74, 6) is 2.69. The van der Waals surface area contributed by atoms with Gasteiger partial charge in [0.1, 0.15) is 11.2 Å². The summed E-state index contributed by atoms with van der Waals surface area (Å²) in [5, 5.41) is 18.3. The summed E-state index contributed by atoms with van der Waals surface area (Å²) in [6, 6.07) is 0. The standard InChI is InChI=1S/C20H27N7O2.C16H23N5O2.C15H19N7.3CH4/c1-20(2,3)29-19(28)27-8-5-6-14(11-27)16-13-26-9-7-21-17(18(26)24-16)23-15-10-22-25(4)12-15;1-16(2,3)23-15(22)21-7-4-5-11(9-21)12-10-20-8-6-18-13(17)14(20)19-12;1-21-9-12(8-18-21)19-14-15-20-13(10-22(15)6-5-17-14)11-3-2-4-16-7-11;;;/h7,9-10,12-14H,5-6,8,11H2,1-4H3,(H,21,23);6,8,10-11H,4-5,7,9H2,1-3H3,(H2,17,18);5-6,8-11,16H,2-4,7H2,1H3,(H,17,19);3*1H4. The minimum Gasteiger partial charge on any atom is -0.444 e. The second kappa shape index (κ2) is 24.9. The summed E-state index contributed by atoms with van der Waals surface area (Å²) in [5.41, 5.74) is 12.0. The number of piperidine rings is 3. The van der Waals surface area contributed by atoms with Gasteiger partial charge in [0.05, 0.1) is 40.9 Å². The molecule has 3 aliphatic heterocycles. The van der Waals surface area contributed by atoms with Gasteiger partial charge in [0.15, 0.2) is 34.4 Å². The molecule has 0 aliphatic carbocycles. The van der Waals surface area contributed by atoms with Crippen LogP contribution in [0, 0.1) is 0 Å². The molecular formula is C54H81N19O4. The zero-order chi connectivity index (χ0) is 52.1. The number of carbonyl (C=O) groups excluding carboxylic acids is 2. The molecular weight excluding hydrogens is 979 g/mol. The molecule has 3 fully saturated rings. The van der Waals surface area contributed by atoms with Crippen LogP contribution in [0.3, 0.4) is 0 Å². The van der Waals surface area contributed by atoms with E-state index >= 15 is 0 Å². The number of hydrogen-bond acceptors (Lipinski definition) is 16. The molecule has 8 aromatic heterocycles. The van der Waals surface area contributed by atoms with Gasteiger partial charge in [-0.05, 0) is 86.6 Å². The molecule has 11 heterocycles. The fourth-order valence-electron chi connectivity index (χ4n) is 9.37. The van der Waals surface area contributed by atoms with Gasteiger partial charge in [-0.25, -0.2) is 39.5 Å². The lowest BCUT2D eigenvalue weighted by atomic mass is 9.95. The number of rotatable bonds is 7. The van der Waals surface area contributed by atoms with Crippen molar-refractivity contribution in [1.29, 1.82) is 0 Å². The number of nitrogen functional groups attached to an aromatic ring is 1. The van der Waals surface area contributed by atoms with Crippen LogP contribution in [0.15, 0.2) is 80.6 Å². The molecule has 0 radical (unpaired) electrons. The van der Waals surface area contributed by atoms with Gasteiger partial charge >= 0.3 is 12.2 Å². The Kier molecular flexibility index (Phi) is 18.9. The molecule has 11 rings (SSSR count). The van der Waals surface area contributed by atoms with E-state index in [1.54, 1.807) is 50.1 Å². The Hall–Kier alpha value is -7.82. The second-order valence-corrected chi connectivity index (χ2v) is 21.2. The summed E-state index contributed by atoms with van der Waals surface area (Å²) >= 11 is 0. The molecule has 8 aromatic rings. The largest absolute Gasteiger partial charge is 0.444 e. The van der Waals surface area contributed by atoms with E-state index in [2.05, 4.69) is 52.3 Å². The number of carbonyl (C=O) groups is 2. The second-order valence-electron chi connectivity index (χ2n) is 21.2. The van der Waals surface area contributed by atoms with E-state index in [0.29, 0.717) is 42.8 Å². The van der Waals surface area contributed by atoms with Crippen molar-refractivity contribution in [3.05, 3.63) is 97.6 Å². The highest BCUT2D eigenvalue weighted by molar-refractivity contribution is 5.71. The Morgan fingerprint density at radius 2 is 1.01 bits per heavy atom. The van der Waals surface area contributed by atoms with Crippen molar-refractivity contribution in [2.24, 2.45) is 14.1 Å². The lowest BCUT2D eigenvalue weighted by Crippen LogP contribution is -2.42. The van der Waals surface area contributed by atoms with Crippen LogP contribution in [0.5, 0.6) is 0 Å². The van der Waals surface area contributed by atoms with Gasteiger partial charge in [0, 0.05) is 133 Å². The van der Waals surface area contributed by atoms with Crippen LogP contribution in [-0.4, -0.2) is 135 Å². The van der Waals surface area contributed by atoms with Crippen LogP contribution in [0.1, 0.15) is 137 Å². The van der Waals surface area contributed by atoms with Crippen LogP contribution >= 0.6 is 0 Å². The third-order valence-electron chi connectivity index (χ3n) is 12.8. The highest BCUT2D eigenvalue weighted by Gasteiger charge is 2.31. The van der Waals surface area contributed by atoms with E-state index in [-0.39, 0.29) is 46.3 Å². The molecule has 0 aromatic carbocycles. The van der Waals surface area contributed by atoms with E-state index in [0.717, 1.165) is 90.9 Å². The van der Waals surface area contributed by atoms with Gasteiger partial charge in [0.2, 0.25) is 0 Å². The van der Waals surface area contributed by atoms with Gasteiger partial charge in [-0.2, -0.15) is 10.2 Å². The number of anilines is 5. The molecule has 23 heteroatoms. The topological polar surface area (TPSA) is 247 Å². The molecule has 3 saturated heterocycles. The number of nitrogens with one attached hydrogen (secondary N) is 3. The van der Waals surface area contributed by atoms with Crippen molar-refractivity contribution in [1.82, 2.24) is 77.8 Å². The number of aryl methyl sites for hydroxylation is 2. The number of amides is 2. The molecule has 3 atom stereocenters. The van der Waals surface area contributed by atoms with Gasteiger partial charge in [-0.1, -0.05) is 22.3 Å². The van der Waals surface area contributed by atoms with E-state index in [1.807, 2.05) is 112 Å². The van der Waals surface area contributed by atoms with Crippen LogP contribution < -0.4 is 21.7 Å². The van der Waals surface area contributed by atoms with Gasteiger partial charge in [-0.3, -0.25) is 9.36 Å². The molecule has 0 bridgehead atoms. The SMILES string of the molecule is C.C.C.CC(C)(C)OC(=O)N1CCCC(c2cn3ccnc(N)c3n2)C1.Cn1cc(Nc2nccn3cc(C4CCCN(C(=O)OC(C)(C)C)C4)nc23)cn1.Cn1cc(Nc2nccn3cc(C4CCCNC4)nc23)cn1. The number of ether oxygens (including phenoxy) is 2. The Balaban J connectivity index is 0.000000186. The summed E-state index contributed by atoms with van der Waals surface area (Å²) < 4.78 is 20.4. The van der Waals surface area contributed by atoms with E-state index < -0.39 is 11.2 Å². The van der Waals surface area contributed by atoms with Crippen molar-refractivity contribution in [2.75, 3.05) is 55.6 Å². The number of aromatic nitrogens is 13. The predicted molar refractivity (Wildman–Crippen MR) is 301 cm³/mol. The third-order valence-corrected chi connectivity index (χ3v) is 12.8. The number of imidazole rings is 3. The first kappa shape index (κ1) is 58.4. The molecule has 23 nitrogen and oxygen atoms in total. The number of likely N-dealkylation sites (tertiary alicyclic amines) is 2. The van der Waals surface area contributed by atoms with Crippen LogP contribution in [0.4, 0.5) is 38.4 Å². The van der Waals surface area contributed by atoms with Gasteiger partial charge in [-0.15, -0.1) is 0 Å². The Bertz CT molecular complexity index is 3190. The van der Waals surface area contributed by atoms with E-state index in [9.17, 15) is 9.59 Å². The van der Waals surface area contributed by atoms with Crippen molar-refractivity contribution >= 4 is 58.0 Å². The lowest BCUT2D eigenvalue weighted by molar-refractivity contribution is 0.0187. The summed E-state index contributed by atoms with van der Waals surface area (Å²) in [7, 11) is 3.76. The number of fused-ring (bicyclic) bond motifs is 3. The molecule has 77 heavy (non-hydrogen) atoms. The quantitative estimate of drug-likeness (QED) is 0.116. The summed E-state index contributed by atoms with van der Waals surface area (Å²) in [6.07, 6.45) is 30.0. The molecule has 0 spiro atoms. The first-order chi connectivity index (χ1) is 35.4. The maximum Gasteiger partial charge on any atom is 0.410 e. The fourth-order valence-corrected chi connectivity index (χ4v) is 9.37. The maximum atomic E-state index is 12.5. The highest BCUT2D eigenvalue weighted by Crippen LogP contribution is 2.31. The van der Waals surface area contributed by atoms with Crippen molar-refractivity contribution in [2.45, 2.75) is 131 Å². The lowest BCUT2D eigenvalue weighted by Gasteiger charge is -2.33. The van der Waals surface area contributed by atoms with E-state index in [4.69, 9.17) is 25.2 Å². The van der Waals surface area contributed by atoms with E-state index in [1.165, 1.54) is 12.8 Å². The van der Waals surface area contributed by atoms with Gasteiger partial charge in [0.25, 0.3) is 0 Å². The zero-order valence-corrected chi connectivity index (χ0v) is 43.6. The van der Waals surface area contributed by atoms with Crippen LogP contribution in [0.25, 0.3) is 16.9 Å². The number of nitrogens with two attached hydrogens (primary N) is 1. The fraction of sp³-hybridized carbons (Fsp3) is 0.519. The zero-order valence-electron chi connectivity index (χ0n) is 43.6. The average Bonchev–Trinajstić information content (AvgIpc) is 4.25. The smallest absolute Gasteiger partial charge is 0.410 e. The normalized spacial score (nSPS) is 17.6. The number of nitrogens with zero attached hydrogens (tertiary/aromatic N) is 15. The molecule has 416 valence electrons. The third kappa shape index (κ3) is 14.8. The van der Waals surface area contributed by atoms with Crippen molar-refractivity contribution in [3.8, 4) is 0 Å². The summed E-state index contributed by atoms with van der Waals surface area (Å²) in [4.78, 5) is 55.5. The first-order valence-corrected chi connectivity index (χ1v) is 25.4. The van der Waals surface area contributed by atoms with Crippen LogP contribution in [-0.2, 0) is 23.6 Å². The van der Waals surface area contributed by atoms with Crippen molar-refractivity contribution in [3.63, 3.8) is 0 Å². The Labute approximate surface area is 452 Å². The monoisotopic (exact) mass is 1060 g/mol. The Morgan fingerprint density at radius 3 is 1.42 bits per heavy atom. The van der Waals surface area contributed by atoms with Gasteiger partial charge < -0.3 is 54.2 Å². The maximum absolute atomic E-state index is 12.5.